The van der Waals surface area contributed by atoms with Crippen molar-refractivity contribution in [1.82, 2.24) is 5.32 Å². The Kier molecular flexibility index (Phi) is 52.4. The van der Waals surface area contributed by atoms with Gasteiger partial charge in [0.1, 0.15) is 48.8 Å². The van der Waals surface area contributed by atoms with Crippen molar-refractivity contribution in [2.45, 2.75) is 319 Å². The van der Waals surface area contributed by atoms with Gasteiger partial charge in [0, 0.05) is 6.42 Å². The predicted molar refractivity (Wildman–Crippen MR) is 359 cm³/mol. The summed E-state index contributed by atoms with van der Waals surface area (Å²) in [5.74, 6) is -0.257. The van der Waals surface area contributed by atoms with E-state index in [1.54, 1.807) is 6.08 Å². The first-order valence-electron chi connectivity index (χ1n) is 34.8. The Hall–Kier alpha value is -3.61. The molecule has 9 N–H and O–H groups in total. The highest BCUT2D eigenvalue weighted by molar-refractivity contribution is 5.76. The average molecular weight is 1240 g/mol. The van der Waals surface area contributed by atoms with Crippen LogP contribution >= 0.6 is 0 Å². The molecule has 1 amide bonds. The van der Waals surface area contributed by atoms with Crippen molar-refractivity contribution in [3.05, 3.63) is 122 Å². The summed E-state index contributed by atoms with van der Waals surface area (Å²) in [6.07, 6.45) is 66.8. The van der Waals surface area contributed by atoms with E-state index in [4.69, 9.17) is 18.9 Å². The molecule has 504 valence electrons. The second-order valence-electron chi connectivity index (χ2n) is 23.9. The number of aliphatic hydroxyl groups is 8. The van der Waals surface area contributed by atoms with Crippen LogP contribution in [0.5, 0.6) is 0 Å². The van der Waals surface area contributed by atoms with E-state index in [-0.39, 0.29) is 18.9 Å². The first kappa shape index (κ1) is 80.5. The van der Waals surface area contributed by atoms with Crippen molar-refractivity contribution in [2.75, 3.05) is 19.8 Å². The van der Waals surface area contributed by atoms with E-state index < -0.39 is 86.8 Å². The van der Waals surface area contributed by atoms with Gasteiger partial charge in [-0.05, 0) is 103 Å². The summed E-state index contributed by atoms with van der Waals surface area (Å²) in [4.78, 5) is 13.3. The third kappa shape index (κ3) is 41.0. The summed E-state index contributed by atoms with van der Waals surface area (Å²) in [6.45, 7) is 2.65. The van der Waals surface area contributed by atoms with Crippen LogP contribution in [0.3, 0.4) is 0 Å². The zero-order valence-corrected chi connectivity index (χ0v) is 54.7. The van der Waals surface area contributed by atoms with E-state index >= 15 is 0 Å². The zero-order chi connectivity index (χ0) is 63.8. The van der Waals surface area contributed by atoms with Gasteiger partial charge in [-0.1, -0.05) is 257 Å². The van der Waals surface area contributed by atoms with Crippen LogP contribution < -0.4 is 5.32 Å². The van der Waals surface area contributed by atoms with Crippen LogP contribution in [0.4, 0.5) is 0 Å². The van der Waals surface area contributed by atoms with Crippen molar-refractivity contribution in [3.63, 3.8) is 0 Å². The lowest BCUT2D eigenvalue weighted by atomic mass is 9.97. The highest BCUT2D eigenvalue weighted by atomic mass is 16.7. The molecule has 2 saturated heterocycles. The van der Waals surface area contributed by atoms with Gasteiger partial charge in [-0.2, -0.15) is 0 Å². The monoisotopic (exact) mass is 1240 g/mol. The Labute approximate surface area is 533 Å². The van der Waals surface area contributed by atoms with E-state index in [1.807, 2.05) is 6.08 Å². The highest BCUT2D eigenvalue weighted by Gasteiger charge is 2.51. The number of carbonyl (C=O) groups is 1. The third-order valence-corrected chi connectivity index (χ3v) is 16.1. The van der Waals surface area contributed by atoms with Crippen molar-refractivity contribution in [3.8, 4) is 0 Å². The molecule has 12 atom stereocenters. The fraction of sp³-hybridized carbons (Fsp3) is 0.716. The van der Waals surface area contributed by atoms with Gasteiger partial charge in [-0.3, -0.25) is 4.79 Å². The van der Waals surface area contributed by atoms with Crippen LogP contribution in [0.1, 0.15) is 245 Å². The molecule has 14 heteroatoms. The number of allylic oxidation sites excluding steroid dienone is 19. The van der Waals surface area contributed by atoms with Crippen LogP contribution in [-0.2, 0) is 23.7 Å². The maximum absolute atomic E-state index is 13.3. The van der Waals surface area contributed by atoms with Crippen LogP contribution in [0.2, 0.25) is 0 Å². The zero-order valence-electron chi connectivity index (χ0n) is 54.7. The molecule has 2 fully saturated rings. The third-order valence-electron chi connectivity index (χ3n) is 16.1. The molecule has 0 radical (unpaired) electrons. The van der Waals surface area contributed by atoms with Crippen molar-refractivity contribution < 1.29 is 64.6 Å². The van der Waals surface area contributed by atoms with Crippen LogP contribution in [0.15, 0.2) is 122 Å². The van der Waals surface area contributed by atoms with E-state index in [0.717, 1.165) is 89.9 Å². The number of carbonyl (C=O) groups excluding carboxylic acids is 1. The minimum absolute atomic E-state index is 0.257. The standard InChI is InChI=1S/C74H125NO13/c1-3-5-7-9-11-13-15-17-19-21-22-23-24-25-26-27-28-29-30-31-32-33-34-35-36-37-38-39-40-42-44-46-48-50-52-54-56-58-66(79)75-62(63(78)57-55-53-51-49-47-45-43-41-20-18-16-14-12-10-8-6-4-2)61-85-73-71(84)69(82)72(65(60-77)87-73)88-74-70(83)68(81)67(80)64(59-76)86-74/h5,7,11,13,17,19-20,22-23,25-26,28-29,31-32,41,47,49,55,57,62-65,67-74,76-78,80-84H,3-4,6,8-10,12,14-16,18,21,24,27,30,33-40,42-46,48,50-54,56,58-61H2,1-2H3,(H,75,79)/b7-5-,13-11-,19-17-,23-22-,26-25-,29-28-,32-31-,41-20+,49-47+,57-55+. The van der Waals surface area contributed by atoms with Gasteiger partial charge in [-0.15, -0.1) is 0 Å². The second-order valence-corrected chi connectivity index (χ2v) is 23.9. The van der Waals surface area contributed by atoms with Gasteiger partial charge in [0.05, 0.1) is 32.0 Å². The summed E-state index contributed by atoms with van der Waals surface area (Å²) in [6, 6.07) is -0.945. The number of unbranched alkanes of at least 4 members (excludes halogenated alkanes) is 24. The molecule has 0 saturated carbocycles. The number of aliphatic hydroxyl groups excluding tert-OH is 8. The first-order chi connectivity index (χ1) is 43.1. The molecular weight excluding hydrogens is 1110 g/mol. The maximum Gasteiger partial charge on any atom is 0.220 e. The molecule has 2 aliphatic heterocycles. The SMILES string of the molecule is CC/C=C\C/C=C\C/C=C\C/C=C\C/C=C\C/C=C\C/C=C\CCCCCCCCCCCCCCCCCC(=O)NC(COC1OC(CO)C(OC2OC(CO)C(O)C(O)C2O)C(O)C1O)C(O)/C=C/CC/C=C/CC/C=C/CCCCCCCCC. The number of hydrogen-bond acceptors (Lipinski definition) is 13. The summed E-state index contributed by atoms with van der Waals surface area (Å²) in [5, 5.41) is 87.3. The van der Waals surface area contributed by atoms with Gasteiger partial charge < -0.3 is 65.1 Å². The molecular formula is C74H125NO13. The molecule has 0 aliphatic carbocycles. The van der Waals surface area contributed by atoms with Crippen molar-refractivity contribution in [2.24, 2.45) is 0 Å². The van der Waals surface area contributed by atoms with E-state index in [0.29, 0.717) is 12.8 Å². The summed E-state index contributed by atoms with van der Waals surface area (Å²) in [5.41, 5.74) is 0. The Balaban J connectivity index is 1.64. The predicted octanol–water partition coefficient (Wildman–Crippen LogP) is 14.1. The molecule has 0 aromatic carbocycles. The number of hydrogen-bond donors (Lipinski definition) is 9. The highest BCUT2D eigenvalue weighted by Crippen LogP contribution is 2.30. The fourth-order valence-corrected chi connectivity index (χ4v) is 10.6. The van der Waals surface area contributed by atoms with Crippen molar-refractivity contribution in [1.29, 1.82) is 0 Å². The van der Waals surface area contributed by atoms with Gasteiger partial charge in [0.15, 0.2) is 12.6 Å². The summed E-state index contributed by atoms with van der Waals surface area (Å²) >= 11 is 0. The normalized spacial score (nSPS) is 23.9. The van der Waals surface area contributed by atoms with Crippen LogP contribution in [-0.4, -0.2) is 140 Å². The summed E-state index contributed by atoms with van der Waals surface area (Å²) < 4.78 is 22.8. The fourth-order valence-electron chi connectivity index (χ4n) is 10.6. The van der Waals surface area contributed by atoms with Gasteiger partial charge in [0.2, 0.25) is 5.91 Å². The summed E-state index contributed by atoms with van der Waals surface area (Å²) in [7, 11) is 0. The average Bonchev–Trinajstić information content (AvgIpc) is 2.07. The molecule has 2 heterocycles. The lowest BCUT2D eigenvalue weighted by Gasteiger charge is -2.46. The molecule has 0 aromatic heterocycles. The molecule has 0 aromatic rings. The lowest BCUT2D eigenvalue weighted by Crippen LogP contribution is -2.65. The Morgan fingerprint density at radius 1 is 0.420 bits per heavy atom. The number of nitrogens with one attached hydrogen (secondary N) is 1. The maximum atomic E-state index is 13.3. The number of amides is 1. The van der Waals surface area contributed by atoms with E-state index in [9.17, 15) is 45.6 Å². The van der Waals surface area contributed by atoms with E-state index in [2.05, 4.69) is 129 Å². The van der Waals surface area contributed by atoms with Gasteiger partial charge in [0.25, 0.3) is 0 Å². The number of rotatable bonds is 55. The largest absolute Gasteiger partial charge is 0.394 e. The molecule has 0 bridgehead atoms. The topological polar surface area (TPSA) is 228 Å². The minimum Gasteiger partial charge on any atom is -0.394 e. The van der Waals surface area contributed by atoms with E-state index in [1.165, 1.54) is 122 Å². The Bertz CT molecular complexity index is 1940. The van der Waals surface area contributed by atoms with Crippen LogP contribution in [0, 0.1) is 0 Å². The lowest BCUT2D eigenvalue weighted by molar-refractivity contribution is -0.359. The second kappa shape index (κ2) is 57.3. The van der Waals surface area contributed by atoms with Crippen LogP contribution in [0.25, 0.3) is 0 Å². The molecule has 0 spiro atoms. The Morgan fingerprint density at radius 3 is 1.25 bits per heavy atom. The van der Waals surface area contributed by atoms with Gasteiger partial charge in [-0.25, -0.2) is 0 Å². The van der Waals surface area contributed by atoms with Crippen molar-refractivity contribution >= 4 is 5.91 Å². The molecule has 88 heavy (non-hydrogen) atoms. The Morgan fingerprint density at radius 2 is 0.795 bits per heavy atom. The molecule has 2 aliphatic rings. The quantitative estimate of drug-likeness (QED) is 0.0204. The molecule has 2 rings (SSSR count). The molecule has 12 unspecified atom stereocenters. The first-order valence-corrected chi connectivity index (χ1v) is 34.8. The van der Waals surface area contributed by atoms with Gasteiger partial charge >= 0.3 is 0 Å². The number of ether oxygens (including phenoxy) is 4. The smallest absolute Gasteiger partial charge is 0.220 e. The molecule has 14 nitrogen and oxygen atoms in total. The minimum atomic E-state index is -1.80.